The molecule has 1 saturated heterocycles. The lowest BCUT2D eigenvalue weighted by Crippen LogP contribution is -2.45. The second-order valence-electron chi connectivity index (χ2n) is 9.26. The average Bonchev–Trinajstić information content (AvgIpc) is 2.68. The molecule has 1 unspecified atom stereocenters. The van der Waals surface area contributed by atoms with Gasteiger partial charge in [-0.25, -0.2) is 4.79 Å². The first-order valence-corrected chi connectivity index (χ1v) is 11.7. The molecule has 1 aromatic heterocycles. The largest absolute Gasteiger partial charge is 0.464 e. The van der Waals surface area contributed by atoms with Crippen LogP contribution in [0.2, 0.25) is 0 Å². The van der Waals surface area contributed by atoms with Gasteiger partial charge in [-0.05, 0) is 77.2 Å². The highest BCUT2D eigenvalue weighted by Crippen LogP contribution is 2.42. The summed E-state index contributed by atoms with van der Waals surface area (Å²) in [5, 5.41) is 0. The van der Waals surface area contributed by atoms with E-state index in [4.69, 9.17) is 19.2 Å². The summed E-state index contributed by atoms with van der Waals surface area (Å²) in [6.45, 7) is 19.9. The summed E-state index contributed by atoms with van der Waals surface area (Å²) >= 11 is 3.75. The zero-order valence-corrected chi connectivity index (χ0v) is 21.6. The second-order valence-corrected chi connectivity index (χ2v) is 10.1. The Hall–Kier alpha value is -1.44. The minimum absolute atomic E-state index is 0.184. The van der Waals surface area contributed by atoms with Crippen molar-refractivity contribution in [3.8, 4) is 0 Å². The van der Waals surface area contributed by atoms with E-state index in [1.807, 2.05) is 34.6 Å². The van der Waals surface area contributed by atoms with Gasteiger partial charge in [0.05, 0.1) is 40.3 Å². The van der Waals surface area contributed by atoms with Crippen molar-refractivity contribution < 1.29 is 19.0 Å². The van der Waals surface area contributed by atoms with E-state index in [1.54, 1.807) is 13.0 Å². The van der Waals surface area contributed by atoms with Gasteiger partial charge in [0.1, 0.15) is 0 Å². The number of halogens is 1. The Bertz CT molecular complexity index is 796. The van der Waals surface area contributed by atoms with Crippen molar-refractivity contribution in [3.05, 3.63) is 34.1 Å². The van der Waals surface area contributed by atoms with Crippen LogP contribution in [0, 0.1) is 13.8 Å². The Kier molecular flexibility index (Phi) is 8.70. The number of esters is 1. The van der Waals surface area contributed by atoms with Gasteiger partial charge in [0, 0.05) is 24.3 Å². The minimum Gasteiger partial charge on any atom is -0.464 e. The number of carbonyl (C=O) groups excluding carboxylic acids is 1. The lowest BCUT2D eigenvalue weighted by Gasteiger charge is -2.42. The molecule has 0 saturated carbocycles. The SMILES string of the molecule is C=CCOC1(C)CCN(c2c(Br)c(C)nc(C)c2C(OC(C)(C)C)C(=O)OCC)CC1. The van der Waals surface area contributed by atoms with Gasteiger partial charge < -0.3 is 19.1 Å². The van der Waals surface area contributed by atoms with Crippen molar-refractivity contribution in [2.75, 3.05) is 31.2 Å². The second kappa shape index (κ2) is 10.5. The summed E-state index contributed by atoms with van der Waals surface area (Å²) in [6.07, 6.45) is 2.68. The molecule has 174 valence electrons. The van der Waals surface area contributed by atoms with E-state index in [9.17, 15) is 4.79 Å². The molecular weight excluding hydrogens is 460 g/mol. The van der Waals surface area contributed by atoms with Gasteiger partial charge in [-0.2, -0.15) is 0 Å². The van der Waals surface area contributed by atoms with E-state index in [0.29, 0.717) is 13.2 Å². The molecular formula is C24H37BrN2O4. The van der Waals surface area contributed by atoms with Gasteiger partial charge in [0.15, 0.2) is 6.10 Å². The third-order valence-corrected chi connectivity index (χ3v) is 6.38. The van der Waals surface area contributed by atoms with E-state index < -0.39 is 17.7 Å². The van der Waals surface area contributed by atoms with Crippen molar-refractivity contribution in [1.82, 2.24) is 4.98 Å². The number of anilines is 1. The summed E-state index contributed by atoms with van der Waals surface area (Å²) in [4.78, 5) is 20.0. The number of aromatic nitrogens is 1. The Labute approximate surface area is 195 Å². The lowest BCUT2D eigenvalue weighted by molar-refractivity contribution is -0.166. The zero-order chi connectivity index (χ0) is 23.4. The molecule has 1 aliphatic rings. The summed E-state index contributed by atoms with van der Waals surface area (Å²) < 4.78 is 18.5. The first-order valence-electron chi connectivity index (χ1n) is 10.9. The van der Waals surface area contributed by atoms with E-state index in [1.165, 1.54) is 0 Å². The van der Waals surface area contributed by atoms with Gasteiger partial charge in [0.2, 0.25) is 0 Å². The molecule has 2 rings (SSSR count). The number of piperidine rings is 1. The molecule has 1 atom stereocenters. The zero-order valence-electron chi connectivity index (χ0n) is 20.0. The standard InChI is InChI=1S/C24H37BrN2O4/c1-9-15-30-24(8)11-13-27(14-12-24)20-18(16(3)26-17(4)19(20)25)21(22(28)29-10-2)31-23(5,6)7/h9,21H,1,10-15H2,2-8H3. The van der Waals surface area contributed by atoms with Crippen molar-refractivity contribution in [3.63, 3.8) is 0 Å². The van der Waals surface area contributed by atoms with Crippen LogP contribution in [0.5, 0.6) is 0 Å². The third-order valence-electron chi connectivity index (χ3n) is 5.43. The highest BCUT2D eigenvalue weighted by atomic mass is 79.9. The highest BCUT2D eigenvalue weighted by molar-refractivity contribution is 9.10. The van der Waals surface area contributed by atoms with Crippen LogP contribution >= 0.6 is 15.9 Å². The first-order chi connectivity index (χ1) is 14.4. The maximum Gasteiger partial charge on any atom is 0.340 e. The number of hydrogen-bond donors (Lipinski definition) is 0. The molecule has 0 spiro atoms. The number of carbonyl (C=O) groups is 1. The van der Waals surface area contributed by atoms with E-state index in [-0.39, 0.29) is 5.60 Å². The maximum absolute atomic E-state index is 13.0. The first kappa shape index (κ1) is 25.8. The fourth-order valence-corrected chi connectivity index (χ4v) is 4.40. The number of aryl methyl sites for hydroxylation is 2. The predicted molar refractivity (Wildman–Crippen MR) is 128 cm³/mol. The summed E-state index contributed by atoms with van der Waals surface area (Å²) in [5.41, 5.74) is 2.66. The summed E-state index contributed by atoms with van der Waals surface area (Å²) in [6, 6.07) is 0. The molecule has 0 aromatic carbocycles. The van der Waals surface area contributed by atoms with Crippen molar-refractivity contribution in [2.45, 2.75) is 78.6 Å². The van der Waals surface area contributed by atoms with Crippen molar-refractivity contribution in [2.24, 2.45) is 0 Å². The summed E-state index contributed by atoms with van der Waals surface area (Å²) in [7, 11) is 0. The van der Waals surface area contributed by atoms with Crippen LogP contribution in [0.4, 0.5) is 5.69 Å². The van der Waals surface area contributed by atoms with Gasteiger partial charge in [0.25, 0.3) is 0 Å². The van der Waals surface area contributed by atoms with Gasteiger partial charge >= 0.3 is 5.97 Å². The van der Waals surface area contributed by atoms with Crippen LogP contribution in [0.1, 0.15) is 70.5 Å². The van der Waals surface area contributed by atoms with Gasteiger partial charge in [-0.1, -0.05) is 6.08 Å². The van der Waals surface area contributed by atoms with Crippen LogP contribution in [0.15, 0.2) is 17.1 Å². The van der Waals surface area contributed by atoms with Crippen LogP contribution < -0.4 is 4.90 Å². The van der Waals surface area contributed by atoms with Gasteiger partial charge in [-0.15, -0.1) is 6.58 Å². The Balaban J connectivity index is 2.50. The number of rotatable bonds is 8. The normalized spacial score (nSPS) is 17.4. The third kappa shape index (κ3) is 6.53. The predicted octanol–water partition coefficient (Wildman–Crippen LogP) is 5.44. The van der Waals surface area contributed by atoms with Crippen LogP contribution in [0.3, 0.4) is 0 Å². The van der Waals surface area contributed by atoms with Crippen LogP contribution in [-0.2, 0) is 19.0 Å². The molecule has 6 nitrogen and oxygen atoms in total. The molecule has 0 N–H and O–H groups in total. The Morgan fingerprint density at radius 3 is 2.42 bits per heavy atom. The van der Waals surface area contributed by atoms with Crippen molar-refractivity contribution >= 4 is 27.6 Å². The Morgan fingerprint density at radius 2 is 1.90 bits per heavy atom. The number of hydrogen-bond acceptors (Lipinski definition) is 6. The molecule has 1 aliphatic heterocycles. The van der Waals surface area contributed by atoms with Crippen LogP contribution in [0.25, 0.3) is 0 Å². The number of ether oxygens (including phenoxy) is 3. The molecule has 0 amide bonds. The summed E-state index contributed by atoms with van der Waals surface area (Å²) in [5.74, 6) is -0.393. The lowest BCUT2D eigenvalue weighted by atomic mass is 9.92. The smallest absolute Gasteiger partial charge is 0.340 e. The highest BCUT2D eigenvalue weighted by Gasteiger charge is 2.37. The monoisotopic (exact) mass is 496 g/mol. The maximum atomic E-state index is 13.0. The number of nitrogens with zero attached hydrogens (tertiary/aromatic N) is 2. The average molecular weight is 497 g/mol. The molecule has 7 heteroatoms. The fraction of sp³-hybridized carbons (Fsp3) is 0.667. The van der Waals surface area contributed by atoms with Crippen LogP contribution in [-0.4, -0.2) is 48.5 Å². The topological polar surface area (TPSA) is 60.9 Å². The molecule has 0 radical (unpaired) electrons. The molecule has 0 aliphatic carbocycles. The van der Waals surface area contributed by atoms with Gasteiger partial charge in [-0.3, -0.25) is 4.98 Å². The molecule has 31 heavy (non-hydrogen) atoms. The molecule has 1 fully saturated rings. The molecule has 0 bridgehead atoms. The number of pyridine rings is 1. The molecule has 1 aromatic rings. The van der Waals surface area contributed by atoms with E-state index in [0.717, 1.165) is 53.0 Å². The molecule has 2 heterocycles. The van der Waals surface area contributed by atoms with E-state index in [2.05, 4.69) is 34.3 Å². The van der Waals surface area contributed by atoms with Crippen molar-refractivity contribution in [1.29, 1.82) is 0 Å². The minimum atomic E-state index is -0.857. The fourth-order valence-electron chi connectivity index (χ4n) is 3.85. The van der Waals surface area contributed by atoms with E-state index >= 15 is 0 Å². The quantitative estimate of drug-likeness (QED) is 0.352. The Morgan fingerprint density at radius 1 is 1.29 bits per heavy atom.